The Morgan fingerprint density at radius 3 is 2.61 bits per heavy atom. The van der Waals surface area contributed by atoms with Gasteiger partial charge in [0.25, 0.3) is 0 Å². The lowest BCUT2D eigenvalue weighted by atomic mass is 9.46. The van der Waals surface area contributed by atoms with Crippen molar-refractivity contribution in [2.45, 2.75) is 70.8 Å². The van der Waals surface area contributed by atoms with E-state index >= 15 is 0 Å². The number of aliphatic hydroxyl groups is 1. The lowest BCUT2D eigenvalue weighted by Crippen LogP contribution is -2.54. The van der Waals surface area contributed by atoms with Gasteiger partial charge in [-0.15, -0.1) is 6.42 Å². The molecule has 1 N–H and O–H groups in total. The summed E-state index contributed by atoms with van der Waals surface area (Å²) in [6.45, 7) is 4.63. The molecule has 2 nitrogen and oxygen atoms in total. The van der Waals surface area contributed by atoms with E-state index in [4.69, 9.17) is 6.42 Å². The van der Waals surface area contributed by atoms with Gasteiger partial charge in [-0.25, -0.2) is 0 Å². The smallest absolute Gasteiger partial charge is 0.155 e. The van der Waals surface area contributed by atoms with E-state index < -0.39 is 5.60 Å². The molecular weight excluding hydrogens is 284 g/mol. The monoisotopic (exact) mass is 312 g/mol. The fraction of sp³-hybridized carbons (Fsp3) is 0.762. The van der Waals surface area contributed by atoms with Gasteiger partial charge in [-0.1, -0.05) is 25.3 Å². The minimum absolute atomic E-state index is 0.120. The summed E-state index contributed by atoms with van der Waals surface area (Å²) in [6.07, 6.45) is 15.6. The van der Waals surface area contributed by atoms with E-state index in [2.05, 4.69) is 19.8 Å². The average Bonchev–Trinajstić information content (AvgIpc) is 2.80. The first-order valence-corrected chi connectivity index (χ1v) is 9.28. The number of allylic oxidation sites excluding steroid dienone is 1. The molecule has 0 aliphatic heterocycles. The van der Waals surface area contributed by atoms with Crippen LogP contribution in [-0.2, 0) is 4.79 Å². The average molecular weight is 312 g/mol. The first-order valence-electron chi connectivity index (χ1n) is 9.28. The zero-order valence-electron chi connectivity index (χ0n) is 14.4. The quantitative estimate of drug-likeness (QED) is 0.689. The van der Waals surface area contributed by atoms with E-state index in [1.165, 1.54) is 12.0 Å². The zero-order valence-corrected chi connectivity index (χ0v) is 14.4. The predicted molar refractivity (Wildman–Crippen MR) is 90.5 cm³/mol. The van der Waals surface area contributed by atoms with Crippen molar-refractivity contribution < 1.29 is 9.90 Å². The number of hydrogen-bond donors (Lipinski definition) is 1. The number of ketones is 1. The van der Waals surface area contributed by atoms with Gasteiger partial charge in [0, 0.05) is 11.8 Å². The molecule has 23 heavy (non-hydrogen) atoms. The molecule has 0 bridgehead atoms. The Kier molecular flexibility index (Phi) is 3.18. The fourth-order valence-electron chi connectivity index (χ4n) is 6.81. The normalized spacial score (nSPS) is 52.0. The third kappa shape index (κ3) is 1.84. The van der Waals surface area contributed by atoms with Crippen LogP contribution in [0.2, 0.25) is 0 Å². The second kappa shape index (κ2) is 4.73. The summed E-state index contributed by atoms with van der Waals surface area (Å²) in [6, 6.07) is 0. The third-order valence-corrected chi connectivity index (χ3v) is 8.35. The van der Waals surface area contributed by atoms with Gasteiger partial charge in [-0.2, -0.15) is 0 Å². The third-order valence-electron chi connectivity index (χ3n) is 8.35. The van der Waals surface area contributed by atoms with Crippen molar-refractivity contribution in [3.8, 4) is 12.3 Å². The second-order valence-electron chi connectivity index (χ2n) is 8.97. The van der Waals surface area contributed by atoms with Crippen LogP contribution in [0.4, 0.5) is 0 Å². The maximum Gasteiger partial charge on any atom is 0.155 e. The largest absolute Gasteiger partial charge is 0.377 e. The molecule has 3 saturated carbocycles. The summed E-state index contributed by atoms with van der Waals surface area (Å²) in [5.41, 5.74) is 0.575. The Hall–Kier alpha value is -1.07. The molecule has 6 atom stereocenters. The van der Waals surface area contributed by atoms with Gasteiger partial charge in [-0.05, 0) is 74.2 Å². The van der Waals surface area contributed by atoms with Gasteiger partial charge < -0.3 is 5.11 Å². The molecule has 0 aromatic heterocycles. The molecule has 4 aliphatic rings. The number of carbonyl (C=O) groups excluding carboxylic acids is 1. The molecule has 0 aromatic carbocycles. The minimum atomic E-state index is -0.914. The van der Waals surface area contributed by atoms with Gasteiger partial charge in [-0.3, -0.25) is 4.79 Å². The van der Waals surface area contributed by atoms with Crippen molar-refractivity contribution in [3.05, 3.63) is 11.6 Å². The van der Waals surface area contributed by atoms with Crippen molar-refractivity contribution >= 4 is 5.78 Å². The van der Waals surface area contributed by atoms with Gasteiger partial charge in [0.15, 0.2) is 5.78 Å². The number of terminal acetylenes is 1. The number of fused-ring (bicyclic) bond motifs is 5. The molecule has 3 unspecified atom stereocenters. The van der Waals surface area contributed by atoms with E-state index in [1.807, 2.05) is 6.08 Å². The molecule has 3 fully saturated rings. The molecule has 0 heterocycles. The Balaban J connectivity index is 1.70. The van der Waals surface area contributed by atoms with Crippen LogP contribution in [0.1, 0.15) is 65.2 Å². The number of carbonyl (C=O) groups is 1. The number of rotatable bonds is 0. The van der Waals surface area contributed by atoms with Crippen molar-refractivity contribution in [2.24, 2.45) is 28.6 Å². The van der Waals surface area contributed by atoms with Crippen LogP contribution in [-0.4, -0.2) is 16.5 Å². The van der Waals surface area contributed by atoms with Crippen molar-refractivity contribution in [1.29, 1.82) is 0 Å². The van der Waals surface area contributed by atoms with E-state index in [1.54, 1.807) is 0 Å². The van der Waals surface area contributed by atoms with Gasteiger partial charge >= 0.3 is 0 Å². The van der Waals surface area contributed by atoms with Crippen molar-refractivity contribution in [1.82, 2.24) is 0 Å². The molecule has 2 heteroatoms. The first kappa shape index (κ1) is 15.5. The summed E-state index contributed by atoms with van der Waals surface area (Å²) in [4.78, 5) is 11.8. The lowest BCUT2D eigenvalue weighted by Gasteiger charge is -2.58. The standard InChI is InChI=1S/C21H28O2/c1-4-21(23)12-9-18-16-6-5-14-13-15(22)7-10-19(14,2)17(16)8-11-20(18,21)3/h1,13,16-18,23H,5-12H2,2-3H3/t16?,17?,18?,19-,20-,21-/m1/s1. The maximum absolute atomic E-state index is 11.8. The topological polar surface area (TPSA) is 37.3 Å². The van der Waals surface area contributed by atoms with E-state index in [0.717, 1.165) is 38.5 Å². The Morgan fingerprint density at radius 1 is 1.13 bits per heavy atom. The van der Waals surface area contributed by atoms with E-state index in [-0.39, 0.29) is 10.8 Å². The highest BCUT2D eigenvalue weighted by Crippen LogP contribution is 2.67. The minimum Gasteiger partial charge on any atom is -0.377 e. The van der Waals surface area contributed by atoms with Crippen molar-refractivity contribution in [2.75, 3.05) is 0 Å². The Bertz CT molecular complexity index is 626. The van der Waals surface area contributed by atoms with Crippen LogP contribution in [0.25, 0.3) is 0 Å². The highest BCUT2D eigenvalue weighted by molar-refractivity contribution is 5.91. The lowest BCUT2D eigenvalue weighted by molar-refractivity contribution is -0.119. The Morgan fingerprint density at radius 2 is 1.87 bits per heavy atom. The highest BCUT2D eigenvalue weighted by Gasteiger charge is 2.63. The summed E-state index contributed by atoms with van der Waals surface area (Å²) in [5, 5.41) is 11.0. The zero-order chi connectivity index (χ0) is 16.5. The second-order valence-corrected chi connectivity index (χ2v) is 8.97. The van der Waals surface area contributed by atoms with E-state index in [0.29, 0.717) is 30.0 Å². The first-order chi connectivity index (χ1) is 10.8. The molecule has 0 saturated heterocycles. The molecule has 4 aliphatic carbocycles. The summed E-state index contributed by atoms with van der Waals surface area (Å²) in [5.74, 6) is 4.93. The van der Waals surface area contributed by atoms with Crippen molar-refractivity contribution in [3.63, 3.8) is 0 Å². The molecular formula is C21H28O2. The summed E-state index contributed by atoms with van der Waals surface area (Å²) in [7, 11) is 0. The van der Waals surface area contributed by atoms with Crippen LogP contribution < -0.4 is 0 Å². The molecule has 124 valence electrons. The molecule has 0 aromatic rings. The molecule has 0 spiro atoms. The molecule has 4 rings (SSSR count). The van der Waals surface area contributed by atoms with Crippen LogP contribution >= 0.6 is 0 Å². The van der Waals surface area contributed by atoms with Gasteiger partial charge in [0.1, 0.15) is 5.60 Å². The van der Waals surface area contributed by atoms with E-state index in [9.17, 15) is 9.90 Å². The number of hydrogen-bond acceptors (Lipinski definition) is 2. The maximum atomic E-state index is 11.8. The highest BCUT2D eigenvalue weighted by atomic mass is 16.3. The van der Waals surface area contributed by atoms with Crippen LogP contribution in [0.3, 0.4) is 0 Å². The summed E-state index contributed by atoms with van der Waals surface area (Å²) < 4.78 is 0. The van der Waals surface area contributed by atoms with Crippen LogP contribution in [0.15, 0.2) is 11.6 Å². The SMILES string of the molecule is C#C[C@@]1(O)CCC2C3CCC4=CC(=O)CC[C@@]4(C)C3CC[C@]21C. The fourth-order valence-corrected chi connectivity index (χ4v) is 6.81. The van der Waals surface area contributed by atoms with Gasteiger partial charge in [0.05, 0.1) is 0 Å². The van der Waals surface area contributed by atoms with Crippen LogP contribution in [0.5, 0.6) is 0 Å². The molecule has 0 amide bonds. The summed E-state index contributed by atoms with van der Waals surface area (Å²) >= 11 is 0. The van der Waals surface area contributed by atoms with Crippen LogP contribution in [0, 0.1) is 40.9 Å². The van der Waals surface area contributed by atoms with Gasteiger partial charge in [0.2, 0.25) is 0 Å². The Labute approximate surface area is 139 Å². The predicted octanol–water partition coefficient (Wildman–Crippen LogP) is 3.88. The molecule has 0 radical (unpaired) electrons.